The fourth-order valence-corrected chi connectivity index (χ4v) is 11.1. The van der Waals surface area contributed by atoms with Gasteiger partial charge in [-0.1, -0.05) is 327 Å². The normalized spacial score (nSPS) is 13.8. The van der Waals surface area contributed by atoms with Gasteiger partial charge in [-0.15, -0.1) is 0 Å². The third-order valence-electron chi connectivity index (χ3n) is 16.2. The molecule has 528 valence electrons. The van der Waals surface area contributed by atoms with Gasteiger partial charge in [0, 0.05) is 12.8 Å². The summed E-state index contributed by atoms with van der Waals surface area (Å²) >= 11 is 0. The molecule has 2 unspecified atom stereocenters. The van der Waals surface area contributed by atoms with Crippen molar-refractivity contribution < 1.29 is 42.1 Å². The Morgan fingerprint density at radius 3 is 0.924 bits per heavy atom. The number of likely N-dealkylation sites (N-methyl/N-ethyl adjacent to an activating group) is 1. The van der Waals surface area contributed by atoms with Crippen LogP contribution in [0.3, 0.4) is 0 Å². The Labute approximate surface area is 568 Å². The number of nitrogens with zero attached hydrogens (tertiary/aromatic N) is 1. The van der Waals surface area contributed by atoms with Crippen LogP contribution < -0.4 is 0 Å². The molecule has 0 spiro atoms. The van der Waals surface area contributed by atoms with Gasteiger partial charge in [0.25, 0.3) is 0 Å². The number of quaternary nitrogens is 1. The third kappa shape index (κ3) is 75.2. The molecule has 0 bridgehead atoms. The molecule has 0 aromatic carbocycles. The van der Waals surface area contributed by atoms with Crippen molar-refractivity contribution in [3.63, 3.8) is 0 Å². The van der Waals surface area contributed by atoms with Gasteiger partial charge in [-0.25, -0.2) is 4.57 Å². The fourth-order valence-electron chi connectivity index (χ4n) is 10.4. The molecule has 1 N–H and O–H groups in total. The molecule has 0 aromatic rings. The number of esters is 2. The molecule has 9 nitrogen and oxygen atoms in total. The molecule has 0 radical (unpaired) electrons. The Morgan fingerprint density at radius 2 is 0.620 bits per heavy atom. The van der Waals surface area contributed by atoms with Crippen molar-refractivity contribution in [3.05, 3.63) is 134 Å². The number of carbonyl (C=O) groups is 2. The number of hydrogen-bond donors (Lipinski definition) is 1. The van der Waals surface area contributed by atoms with E-state index in [-0.39, 0.29) is 32.0 Å². The van der Waals surface area contributed by atoms with Crippen LogP contribution in [0.15, 0.2) is 134 Å². The van der Waals surface area contributed by atoms with Crippen molar-refractivity contribution >= 4 is 19.8 Å². The zero-order valence-corrected chi connectivity index (χ0v) is 61.1. The Balaban J connectivity index is 4.06. The summed E-state index contributed by atoms with van der Waals surface area (Å²) in [5, 5.41) is 0. The maximum atomic E-state index is 12.9. The molecule has 0 aliphatic rings. The average Bonchev–Trinajstić information content (AvgIpc) is 2.34. The molecule has 0 heterocycles. The molecule has 0 aromatic heterocycles. The summed E-state index contributed by atoms with van der Waals surface area (Å²) in [6, 6.07) is 0. The highest BCUT2D eigenvalue weighted by molar-refractivity contribution is 7.47. The second-order valence-electron chi connectivity index (χ2n) is 26.3. The SMILES string of the molecule is CC/C=C\C/C=C\C/C=C\C/C=C\C/C=C\C/C=C\C/C=C\C/C=C\C/C=C\CCCCCCCCCCCC(=O)OC(COC(=O)CCCCCCCCCCCCCCCCCCCCC/C=C\C/C=C\CCCCCCC)COP(=O)(O)OCC[N+](C)(C)C. The lowest BCUT2D eigenvalue weighted by Crippen LogP contribution is -2.37. The Hall–Kier alpha value is -3.85. The number of carbonyl (C=O) groups excluding carboxylic acids is 2. The van der Waals surface area contributed by atoms with Crippen LogP contribution in [-0.4, -0.2) is 74.9 Å². The maximum Gasteiger partial charge on any atom is 0.472 e. The number of rotatable bonds is 69. The quantitative estimate of drug-likeness (QED) is 0.0211. The largest absolute Gasteiger partial charge is 0.472 e. The van der Waals surface area contributed by atoms with Crippen LogP contribution in [0.4, 0.5) is 0 Å². The van der Waals surface area contributed by atoms with Gasteiger partial charge in [0.2, 0.25) is 0 Å². The van der Waals surface area contributed by atoms with Gasteiger partial charge in [0.15, 0.2) is 6.10 Å². The first-order chi connectivity index (χ1) is 45.0. The van der Waals surface area contributed by atoms with Crippen LogP contribution >= 0.6 is 7.82 Å². The molecule has 0 aliphatic heterocycles. The summed E-state index contributed by atoms with van der Waals surface area (Å²) in [5.74, 6) is -0.800. The summed E-state index contributed by atoms with van der Waals surface area (Å²) < 4.78 is 34.8. The van der Waals surface area contributed by atoms with Gasteiger partial charge < -0.3 is 18.9 Å². The van der Waals surface area contributed by atoms with Crippen LogP contribution in [0.2, 0.25) is 0 Å². The van der Waals surface area contributed by atoms with Crippen molar-refractivity contribution in [2.24, 2.45) is 0 Å². The molecule has 0 aliphatic carbocycles. The van der Waals surface area contributed by atoms with E-state index in [4.69, 9.17) is 18.5 Å². The standard InChI is InChI=1S/C82H142NO8P/c1-6-8-10-12-14-16-18-20-22-24-26-28-30-32-34-36-38-39-40-41-42-43-45-47-49-51-53-55-57-59-61-63-65-67-69-71-73-75-82(85)91-80(79-90-92(86,87)89-77-76-83(3,4)5)78-88-81(84)74-72-70-68-66-64-62-60-58-56-54-52-50-48-46-44-37-35-33-31-29-27-25-23-21-19-17-15-13-11-9-7-2/h8,10,14,16,19-22,25-28,32,34,38-39,41-42,45,47,51,53,80H,6-7,9,11-13,15,17-18,23-24,29-31,33,35-37,40,43-44,46,48-50,52,54-79H2,1-5H3/p+1/b10-8-,16-14-,21-19-,22-20-,27-25-,28-26-,34-32-,39-38-,42-41-,47-45-,53-51-. The highest BCUT2D eigenvalue weighted by atomic mass is 31.2. The summed E-state index contributed by atoms with van der Waals surface area (Å²) in [6.45, 7) is 4.33. The number of phosphoric acid groups is 1. The van der Waals surface area contributed by atoms with E-state index < -0.39 is 26.5 Å². The lowest BCUT2D eigenvalue weighted by molar-refractivity contribution is -0.870. The lowest BCUT2D eigenvalue weighted by atomic mass is 10.0. The van der Waals surface area contributed by atoms with Gasteiger partial charge >= 0.3 is 19.8 Å². The molecule has 92 heavy (non-hydrogen) atoms. The molecule has 2 atom stereocenters. The van der Waals surface area contributed by atoms with Crippen molar-refractivity contribution in [2.45, 2.75) is 328 Å². The van der Waals surface area contributed by atoms with Crippen molar-refractivity contribution in [1.29, 1.82) is 0 Å². The van der Waals surface area contributed by atoms with Crippen molar-refractivity contribution in [3.8, 4) is 0 Å². The minimum Gasteiger partial charge on any atom is -0.462 e. The van der Waals surface area contributed by atoms with Crippen LogP contribution in [-0.2, 0) is 32.7 Å². The monoisotopic (exact) mass is 1300 g/mol. The van der Waals surface area contributed by atoms with E-state index in [0.29, 0.717) is 17.4 Å². The predicted molar refractivity (Wildman–Crippen MR) is 399 cm³/mol. The Kier molecular flexibility index (Phi) is 68.5. The first-order valence-electron chi connectivity index (χ1n) is 37.9. The number of hydrogen-bond acceptors (Lipinski definition) is 7. The minimum absolute atomic E-state index is 0.0258. The van der Waals surface area contributed by atoms with Gasteiger partial charge in [0.1, 0.15) is 19.8 Å². The summed E-state index contributed by atoms with van der Waals surface area (Å²) in [4.78, 5) is 35.9. The van der Waals surface area contributed by atoms with E-state index in [1.165, 1.54) is 180 Å². The number of unbranched alkanes of at least 4 members (excludes halogenated alkanes) is 33. The van der Waals surface area contributed by atoms with Crippen LogP contribution in [0, 0.1) is 0 Å². The first-order valence-corrected chi connectivity index (χ1v) is 39.4. The Morgan fingerprint density at radius 1 is 0.348 bits per heavy atom. The number of phosphoric ester groups is 1. The van der Waals surface area contributed by atoms with E-state index in [2.05, 4.69) is 148 Å². The van der Waals surface area contributed by atoms with E-state index in [1.54, 1.807) is 0 Å². The summed E-state index contributed by atoms with van der Waals surface area (Å²) in [5.41, 5.74) is 0. The highest BCUT2D eigenvalue weighted by Gasteiger charge is 2.27. The fraction of sp³-hybridized carbons (Fsp3) is 0.707. The topological polar surface area (TPSA) is 108 Å². The molecule has 0 saturated heterocycles. The zero-order valence-electron chi connectivity index (χ0n) is 60.2. The molecule has 0 rings (SSSR count). The van der Waals surface area contributed by atoms with Crippen LogP contribution in [0.25, 0.3) is 0 Å². The number of ether oxygens (including phenoxy) is 2. The predicted octanol–water partition coefficient (Wildman–Crippen LogP) is 25.2. The molecular weight excluding hydrogens is 1160 g/mol. The van der Waals surface area contributed by atoms with E-state index in [9.17, 15) is 19.0 Å². The third-order valence-corrected chi connectivity index (χ3v) is 17.1. The minimum atomic E-state index is -4.40. The summed E-state index contributed by atoms with van der Waals surface area (Å²) in [6.07, 6.45) is 104. The van der Waals surface area contributed by atoms with Gasteiger partial charge in [0.05, 0.1) is 27.7 Å². The maximum absolute atomic E-state index is 12.9. The van der Waals surface area contributed by atoms with Gasteiger partial charge in [-0.3, -0.25) is 18.6 Å². The lowest BCUT2D eigenvalue weighted by Gasteiger charge is -2.24. The van der Waals surface area contributed by atoms with Gasteiger partial charge in [-0.05, 0) is 116 Å². The second kappa shape index (κ2) is 71.4. The first kappa shape index (κ1) is 88.2. The Bertz CT molecular complexity index is 2020. The van der Waals surface area contributed by atoms with Crippen LogP contribution in [0.1, 0.15) is 322 Å². The molecule has 0 fully saturated rings. The van der Waals surface area contributed by atoms with Crippen molar-refractivity contribution in [1.82, 2.24) is 0 Å². The van der Waals surface area contributed by atoms with Crippen LogP contribution in [0.5, 0.6) is 0 Å². The highest BCUT2D eigenvalue weighted by Crippen LogP contribution is 2.43. The average molecular weight is 1300 g/mol. The zero-order chi connectivity index (χ0) is 66.9. The molecule has 10 heteroatoms. The van der Waals surface area contributed by atoms with E-state index >= 15 is 0 Å². The smallest absolute Gasteiger partial charge is 0.462 e. The second-order valence-corrected chi connectivity index (χ2v) is 27.8. The molecule has 0 amide bonds. The summed E-state index contributed by atoms with van der Waals surface area (Å²) in [7, 11) is 1.47. The molecule has 0 saturated carbocycles. The van der Waals surface area contributed by atoms with Crippen molar-refractivity contribution in [2.75, 3.05) is 47.5 Å². The molecular formula is C82H143NO8P+. The van der Waals surface area contributed by atoms with E-state index in [1.807, 2.05) is 21.1 Å². The number of allylic oxidation sites excluding steroid dienone is 22. The van der Waals surface area contributed by atoms with Gasteiger partial charge in [-0.2, -0.15) is 0 Å². The van der Waals surface area contributed by atoms with E-state index in [0.717, 1.165) is 109 Å².